The first-order valence-electron chi connectivity index (χ1n) is 7.83. The molecule has 0 unspecified atom stereocenters. The summed E-state index contributed by atoms with van der Waals surface area (Å²) in [4.78, 5) is 15.9. The molecule has 0 aliphatic heterocycles. The molecule has 0 aromatic heterocycles. The van der Waals surface area contributed by atoms with Gasteiger partial charge in [-0.05, 0) is 43.5 Å². The van der Waals surface area contributed by atoms with Crippen molar-refractivity contribution in [1.29, 1.82) is 0 Å². The van der Waals surface area contributed by atoms with Gasteiger partial charge in [0.05, 0.1) is 6.54 Å². The van der Waals surface area contributed by atoms with E-state index in [-0.39, 0.29) is 17.6 Å². The Hall–Kier alpha value is -1.63. The number of hydrogen-bond donors (Lipinski definition) is 3. The lowest BCUT2D eigenvalue weighted by atomic mass is 10.2. The summed E-state index contributed by atoms with van der Waals surface area (Å²) >= 11 is 3.27. The third-order valence-electron chi connectivity index (χ3n) is 3.35. The number of hydrogen-bond acceptors (Lipinski definition) is 2. The van der Waals surface area contributed by atoms with Gasteiger partial charge in [-0.2, -0.15) is 0 Å². The lowest BCUT2D eigenvalue weighted by Gasteiger charge is -2.12. The monoisotopic (exact) mass is 384 g/mol. The molecule has 23 heavy (non-hydrogen) atoms. The van der Waals surface area contributed by atoms with E-state index in [2.05, 4.69) is 36.9 Å². The molecule has 2 rings (SSSR count). The SMILES string of the molecule is CCNC(=NCc1cc(F)cc(Br)c1)NCCNC(=O)C1CC1. The minimum Gasteiger partial charge on any atom is -0.357 e. The van der Waals surface area contributed by atoms with E-state index < -0.39 is 0 Å². The topological polar surface area (TPSA) is 65.5 Å². The second kappa shape index (κ2) is 8.86. The predicted octanol–water partition coefficient (Wildman–Crippen LogP) is 2.17. The number of carbonyl (C=O) groups is 1. The lowest BCUT2D eigenvalue weighted by Crippen LogP contribution is -2.41. The zero-order valence-corrected chi connectivity index (χ0v) is 14.7. The van der Waals surface area contributed by atoms with Gasteiger partial charge in [0.2, 0.25) is 5.91 Å². The summed E-state index contributed by atoms with van der Waals surface area (Å²) in [5, 5.41) is 9.17. The zero-order valence-electron chi connectivity index (χ0n) is 13.2. The van der Waals surface area contributed by atoms with Crippen LogP contribution in [-0.2, 0) is 11.3 Å². The molecule has 0 heterocycles. The minimum absolute atomic E-state index is 0.137. The average molecular weight is 385 g/mol. The van der Waals surface area contributed by atoms with Gasteiger partial charge >= 0.3 is 0 Å². The van der Waals surface area contributed by atoms with Gasteiger partial charge in [0, 0.05) is 30.0 Å². The number of benzene rings is 1. The van der Waals surface area contributed by atoms with Crippen molar-refractivity contribution in [3.05, 3.63) is 34.1 Å². The number of nitrogens with zero attached hydrogens (tertiary/aromatic N) is 1. The Balaban J connectivity index is 1.80. The van der Waals surface area contributed by atoms with Crippen LogP contribution in [-0.4, -0.2) is 31.5 Å². The molecular weight excluding hydrogens is 363 g/mol. The highest BCUT2D eigenvalue weighted by molar-refractivity contribution is 9.10. The average Bonchev–Trinajstić information content (AvgIpc) is 3.32. The molecule has 1 aliphatic rings. The van der Waals surface area contributed by atoms with Crippen molar-refractivity contribution >= 4 is 27.8 Å². The van der Waals surface area contributed by atoms with Gasteiger partial charge in [0.1, 0.15) is 5.82 Å². The van der Waals surface area contributed by atoms with Gasteiger partial charge in [-0.1, -0.05) is 15.9 Å². The second-order valence-electron chi connectivity index (χ2n) is 5.46. The van der Waals surface area contributed by atoms with Crippen LogP contribution in [0.25, 0.3) is 0 Å². The second-order valence-corrected chi connectivity index (χ2v) is 6.38. The van der Waals surface area contributed by atoms with Crippen LogP contribution in [0.15, 0.2) is 27.7 Å². The molecule has 3 N–H and O–H groups in total. The summed E-state index contributed by atoms with van der Waals surface area (Å²) < 4.78 is 14.0. The third-order valence-corrected chi connectivity index (χ3v) is 3.81. The van der Waals surface area contributed by atoms with Crippen LogP contribution >= 0.6 is 15.9 Å². The standard InChI is InChI=1S/C16H22BrFN4O/c1-2-19-16(21-6-5-20-15(23)12-3-4-12)22-10-11-7-13(17)9-14(18)8-11/h7-9,12H,2-6,10H2,1H3,(H,20,23)(H2,19,21,22). The molecule has 1 fully saturated rings. The molecule has 1 amide bonds. The summed E-state index contributed by atoms with van der Waals surface area (Å²) in [5.74, 6) is 0.723. The van der Waals surface area contributed by atoms with Crippen molar-refractivity contribution in [2.24, 2.45) is 10.9 Å². The molecule has 1 aromatic carbocycles. The van der Waals surface area contributed by atoms with E-state index in [4.69, 9.17) is 0 Å². The van der Waals surface area contributed by atoms with E-state index in [1.54, 1.807) is 0 Å². The van der Waals surface area contributed by atoms with E-state index in [1.807, 2.05) is 13.0 Å². The maximum atomic E-state index is 13.3. The van der Waals surface area contributed by atoms with Crippen LogP contribution in [0.3, 0.4) is 0 Å². The van der Waals surface area contributed by atoms with Gasteiger partial charge in [-0.25, -0.2) is 9.38 Å². The molecule has 1 saturated carbocycles. The maximum Gasteiger partial charge on any atom is 0.223 e. The van der Waals surface area contributed by atoms with Crippen LogP contribution in [0.1, 0.15) is 25.3 Å². The zero-order chi connectivity index (χ0) is 16.7. The van der Waals surface area contributed by atoms with Crippen LogP contribution in [0.2, 0.25) is 0 Å². The highest BCUT2D eigenvalue weighted by Gasteiger charge is 2.28. The largest absolute Gasteiger partial charge is 0.357 e. The Morgan fingerprint density at radius 3 is 2.65 bits per heavy atom. The molecule has 5 nitrogen and oxygen atoms in total. The number of carbonyl (C=O) groups excluding carboxylic acids is 1. The number of aliphatic imine (C=N–C) groups is 1. The number of amides is 1. The van der Waals surface area contributed by atoms with E-state index in [0.29, 0.717) is 30.1 Å². The molecular formula is C16H22BrFN4O. The van der Waals surface area contributed by atoms with Crippen molar-refractivity contribution < 1.29 is 9.18 Å². The molecule has 7 heteroatoms. The van der Waals surface area contributed by atoms with Crippen LogP contribution in [0.4, 0.5) is 4.39 Å². The third kappa shape index (κ3) is 6.56. The number of halogens is 2. The van der Waals surface area contributed by atoms with Crippen molar-refractivity contribution in [3.8, 4) is 0 Å². The number of guanidine groups is 1. The summed E-state index contributed by atoms with van der Waals surface area (Å²) in [6, 6.07) is 4.72. The van der Waals surface area contributed by atoms with Crippen molar-refractivity contribution in [2.75, 3.05) is 19.6 Å². The lowest BCUT2D eigenvalue weighted by molar-refractivity contribution is -0.122. The smallest absolute Gasteiger partial charge is 0.223 e. The fraction of sp³-hybridized carbons (Fsp3) is 0.500. The Labute approximate surface area is 144 Å². The van der Waals surface area contributed by atoms with Crippen LogP contribution in [0.5, 0.6) is 0 Å². The van der Waals surface area contributed by atoms with E-state index in [1.165, 1.54) is 12.1 Å². The highest BCUT2D eigenvalue weighted by Crippen LogP contribution is 2.28. The van der Waals surface area contributed by atoms with Crippen molar-refractivity contribution in [1.82, 2.24) is 16.0 Å². The quantitative estimate of drug-likeness (QED) is 0.383. The van der Waals surface area contributed by atoms with Crippen molar-refractivity contribution in [3.63, 3.8) is 0 Å². The first kappa shape index (κ1) is 17.7. The summed E-state index contributed by atoms with van der Waals surface area (Å²) in [5.41, 5.74) is 0.788. The molecule has 1 aromatic rings. The fourth-order valence-corrected chi connectivity index (χ4v) is 2.58. The molecule has 0 radical (unpaired) electrons. The van der Waals surface area contributed by atoms with Gasteiger partial charge < -0.3 is 16.0 Å². The van der Waals surface area contributed by atoms with Gasteiger partial charge in [0.25, 0.3) is 0 Å². The summed E-state index contributed by atoms with van der Waals surface area (Å²) in [7, 11) is 0. The Bertz CT molecular complexity index is 555. The predicted molar refractivity (Wildman–Crippen MR) is 92.7 cm³/mol. The summed E-state index contributed by atoms with van der Waals surface area (Å²) in [6.07, 6.45) is 2.01. The highest BCUT2D eigenvalue weighted by atomic mass is 79.9. The Kier molecular flexibility index (Phi) is 6.83. The van der Waals surface area contributed by atoms with Crippen LogP contribution in [0, 0.1) is 11.7 Å². The normalized spacial score (nSPS) is 14.5. The van der Waals surface area contributed by atoms with Gasteiger partial charge in [0.15, 0.2) is 5.96 Å². The molecule has 0 bridgehead atoms. The molecule has 126 valence electrons. The summed E-state index contributed by atoms with van der Waals surface area (Å²) in [6.45, 7) is 4.24. The van der Waals surface area contributed by atoms with E-state index in [0.717, 1.165) is 24.9 Å². The number of nitrogens with one attached hydrogen (secondary N) is 3. The van der Waals surface area contributed by atoms with E-state index in [9.17, 15) is 9.18 Å². The molecule has 0 spiro atoms. The Morgan fingerprint density at radius 1 is 1.26 bits per heavy atom. The van der Waals surface area contributed by atoms with Gasteiger partial charge in [-0.3, -0.25) is 4.79 Å². The van der Waals surface area contributed by atoms with Crippen LogP contribution < -0.4 is 16.0 Å². The maximum absolute atomic E-state index is 13.3. The molecule has 1 aliphatic carbocycles. The number of rotatable bonds is 7. The molecule has 0 saturated heterocycles. The van der Waals surface area contributed by atoms with Gasteiger partial charge in [-0.15, -0.1) is 0 Å². The Morgan fingerprint density at radius 2 is 2.00 bits per heavy atom. The van der Waals surface area contributed by atoms with Crippen molar-refractivity contribution in [2.45, 2.75) is 26.3 Å². The van der Waals surface area contributed by atoms with E-state index >= 15 is 0 Å². The first-order valence-corrected chi connectivity index (χ1v) is 8.62. The minimum atomic E-state index is -0.287. The first-order chi connectivity index (χ1) is 11.1. The fourth-order valence-electron chi connectivity index (χ4n) is 2.07. The molecule has 0 atom stereocenters.